The number of alkyl halides is 2. The number of Topliss-reactive ketones (excluding diaryl/α,β-unsaturated/α-hetero) is 1. The predicted molar refractivity (Wildman–Crippen MR) is 142 cm³/mol. The predicted octanol–water partition coefficient (Wildman–Crippen LogP) is 10.1. The van der Waals surface area contributed by atoms with Crippen LogP contribution in [0.15, 0.2) is 0 Å². The maximum absolute atomic E-state index is 13.8. The van der Waals surface area contributed by atoms with Gasteiger partial charge >= 0.3 is 0 Å². The van der Waals surface area contributed by atoms with Crippen LogP contribution >= 0.6 is 23.2 Å². The topological polar surface area (TPSA) is 17.1 Å². The first-order chi connectivity index (χ1) is 15.9. The average Bonchev–Trinajstić information content (AvgIpc) is 2.85. The Bertz CT molecular complexity index is 632. The molecule has 0 aliphatic heterocycles. The van der Waals surface area contributed by atoms with Crippen molar-refractivity contribution >= 4 is 29.0 Å². The third kappa shape index (κ3) is 4.82. The third-order valence-electron chi connectivity index (χ3n) is 10.9. The molecule has 0 radical (unpaired) electrons. The summed E-state index contributed by atoms with van der Waals surface area (Å²) in [5.41, 5.74) is -0.861. The zero-order chi connectivity index (χ0) is 23.5. The minimum absolute atomic E-state index is 0.430. The zero-order valence-corrected chi connectivity index (χ0v) is 23.1. The van der Waals surface area contributed by atoms with Crippen molar-refractivity contribution in [2.75, 3.05) is 0 Å². The molecule has 0 atom stereocenters. The van der Waals surface area contributed by atoms with Crippen molar-refractivity contribution in [3.63, 3.8) is 0 Å². The van der Waals surface area contributed by atoms with E-state index in [1.807, 2.05) is 0 Å². The fraction of sp³-hybridized carbons (Fsp3) is 0.967. The molecule has 0 bridgehead atoms. The molecule has 4 aliphatic carbocycles. The summed E-state index contributed by atoms with van der Waals surface area (Å²) < 4.78 is -0.826. The van der Waals surface area contributed by atoms with Gasteiger partial charge in [0.2, 0.25) is 0 Å². The van der Waals surface area contributed by atoms with E-state index in [0.717, 1.165) is 62.2 Å². The Morgan fingerprint density at radius 1 is 0.636 bits per heavy atom. The van der Waals surface area contributed by atoms with Gasteiger partial charge in [0, 0.05) is 0 Å². The van der Waals surface area contributed by atoms with E-state index < -0.39 is 15.2 Å². The van der Waals surface area contributed by atoms with Crippen LogP contribution in [0.25, 0.3) is 0 Å². The van der Waals surface area contributed by atoms with E-state index >= 15 is 0 Å². The Hall–Kier alpha value is 0.250. The Morgan fingerprint density at radius 3 is 1.52 bits per heavy atom. The Kier molecular flexibility index (Phi) is 8.86. The minimum atomic E-state index is -0.826. The second-order valence-electron chi connectivity index (χ2n) is 12.6. The van der Waals surface area contributed by atoms with Crippen LogP contribution in [0.5, 0.6) is 0 Å². The van der Waals surface area contributed by atoms with E-state index in [4.69, 9.17) is 23.2 Å². The highest BCUT2D eigenvalue weighted by atomic mass is 35.5. The maximum Gasteiger partial charge on any atom is 0.151 e. The Balaban J connectivity index is 1.26. The van der Waals surface area contributed by atoms with Crippen molar-refractivity contribution < 1.29 is 4.79 Å². The molecule has 0 aromatic heterocycles. The summed E-state index contributed by atoms with van der Waals surface area (Å²) in [5.74, 6) is 3.90. The molecule has 33 heavy (non-hydrogen) atoms. The standard InChI is InChI=1S/C30H50Cl2O/c1-3-5-7-9-23-11-13-25(14-12-23)26-17-21-29(22-18-26)27(33)28(30(29,31)32)19-15-24(16-20-28)10-8-6-4-2/h23-26H,3-22H2,1-2H3. The highest BCUT2D eigenvalue weighted by molar-refractivity contribution is 6.55. The number of carbonyl (C=O) groups is 1. The van der Waals surface area contributed by atoms with Gasteiger partial charge in [0.25, 0.3) is 0 Å². The summed E-state index contributed by atoms with van der Waals surface area (Å²) in [6.07, 6.45) is 25.0. The van der Waals surface area contributed by atoms with Crippen molar-refractivity contribution in [2.24, 2.45) is 34.5 Å². The lowest BCUT2D eigenvalue weighted by Crippen LogP contribution is -2.74. The maximum atomic E-state index is 13.8. The van der Waals surface area contributed by atoms with Crippen LogP contribution in [0.1, 0.15) is 142 Å². The van der Waals surface area contributed by atoms with Crippen molar-refractivity contribution in [1.82, 2.24) is 0 Å². The molecular formula is C30H50Cl2O. The lowest BCUT2D eigenvalue weighted by atomic mass is 9.42. The van der Waals surface area contributed by atoms with Gasteiger partial charge in [-0.3, -0.25) is 4.79 Å². The van der Waals surface area contributed by atoms with E-state index in [9.17, 15) is 4.79 Å². The third-order valence-corrected chi connectivity index (χ3v) is 12.4. The molecule has 2 spiro atoms. The summed E-state index contributed by atoms with van der Waals surface area (Å²) in [4.78, 5) is 13.8. The van der Waals surface area contributed by atoms with Crippen molar-refractivity contribution in [1.29, 1.82) is 0 Å². The van der Waals surface area contributed by atoms with Gasteiger partial charge in [-0.25, -0.2) is 0 Å². The molecule has 190 valence electrons. The van der Waals surface area contributed by atoms with Crippen molar-refractivity contribution in [2.45, 2.75) is 147 Å². The summed E-state index contributed by atoms with van der Waals surface area (Å²) in [5, 5.41) is 0. The molecule has 0 N–H and O–H groups in total. The minimum Gasteiger partial charge on any atom is -0.298 e. The van der Waals surface area contributed by atoms with Crippen LogP contribution in [0, 0.1) is 34.5 Å². The molecular weight excluding hydrogens is 447 g/mol. The first-order valence-corrected chi connectivity index (χ1v) is 15.6. The zero-order valence-electron chi connectivity index (χ0n) is 21.6. The second kappa shape index (κ2) is 11.1. The first kappa shape index (κ1) is 26.3. The van der Waals surface area contributed by atoms with Gasteiger partial charge in [0.05, 0.1) is 10.8 Å². The van der Waals surface area contributed by atoms with Gasteiger partial charge in [0.15, 0.2) is 5.78 Å². The van der Waals surface area contributed by atoms with Crippen LogP contribution in [0.4, 0.5) is 0 Å². The van der Waals surface area contributed by atoms with Crippen LogP contribution in [-0.2, 0) is 4.79 Å². The van der Waals surface area contributed by atoms with E-state index in [2.05, 4.69) is 13.8 Å². The van der Waals surface area contributed by atoms with Crippen molar-refractivity contribution in [3.05, 3.63) is 0 Å². The van der Waals surface area contributed by atoms with Gasteiger partial charge < -0.3 is 0 Å². The lowest BCUT2D eigenvalue weighted by molar-refractivity contribution is -0.173. The molecule has 1 nitrogen and oxygen atoms in total. The van der Waals surface area contributed by atoms with Gasteiger partial charge in [0.1, 0.15) is 4.33 Å². The monoisotopic (exact) mass is 496 g/mol. The fourth-order valence-corrected chi connectivity index (χ4v) is 9.70. The molecule has 4 saturated carbocycles. The molecule has 4 fully saturated rings. The van der Waals surface area contributed by atoms with Crippen LogP contribution in [0.2, 0.25) is 0 Å². The molecule has 4 aliphatic rings. The quantitative estimate of drug-likeness (QED) is 0.229. The number of hydrogen-bond acceptors (Lipinski definition) is 1. The van der Waals surface area contributed by atoms with E-state index in [1.165, 1.54) is 89.9 Å². The normalized spacial score (nSPS) is 40.8. The van der Waals surface area contributed by atoms with Crippen molar-refractivity contribution in [3.8, 4) is 0 Å². The van der Waals surface area contributed by atoms with E-state index in [0.29, 0.717) is 5.78 Å². The SMILES string of the molecule is CCCCCC1CCC(C2CCC3(CC2)C(=O)C2(CCC(CCCCC)CC2)C3(Cl)Cl)CC1. The first-order valence-electron chi connectivity index (χ1n) is 14.8. The van der Waals surface area contributed by atoms with Gasteiger partial charge in [-0.15, -0.1) is 0 Å². The van der Waals surface area contributed by atoms with Crippen LogP contribution in [-0.4, -0.2) is 10.1 Å². The molecule has 0 unspecified atom stereocenters. The highest BCUT2D eigenvalue weighted by Gasteiger charge is 2.79. The Morgan fingerprint density at radius 2 is 1.06 bits per heavy atom. The average molecular weight is 498 g/mol. The second-order valence-corrected chi connectivity index (χ2v) is 13.9. The van der Waals surface area contributed by atoms with Gasteiger partial charge in [-0.2, -0.15) is 0 Å². The number of ketones is 1. The summed E-state index contributed by atoms with van der Waals surface area (Å²) in [7, 11) is 0. The van der Waals surface area contributed by atoms with E-state index in [1.54, 1.807) is 0 Å². The molecule has 4 rings (SSSR count). The van der Waals surface area contributed by atoms with Gasteiger partial charge in [-0.1, -0.05) is 101 Å². The largest absolute Gasteiger partial charge is 0.298 e. The van der Waals surface area contributed by atoms with Gasteiger partial charge in [-0.05, 0) is 87.9 Å². The molecule has 0 saturated heterocycles. The summed E-state index contributed by atoms with van der Waals surface area (Å²) >= 11 is 14.4. The summed E-state index contributed by atoms with van der Waals surface area (Å²) in [6.45, 7) is 4.57. The van der Waals surface area contributed by atoms with Crippen LogP contribution in [0.3, 0.4) is 0 Å². The smallest absolute Gasteiger partial charge is 0.151 e. The molecule has 0 aromatic carbocycles. The lowest BCUT2D eigenvalue weighted by Gasteiger charge is -2.67. The van der Waals surface area contributed by atoms with E-state index in [-0.39, 0.29) is 0 Å². The molecule has 0 amide bonds. The molecule has 0 heterocycles. The highest BCUT2D eigenvalue weighted by Crippen LogP contribution is 2.74. The van der Waals surface area contributed by atoms with Crippen LogP contribution < -0.4 is 0 Å². The number of unbranched alkanes of at least 4 members (excludes halogenated alkanes) is 4. The number of carbonyl (C=O) groups excluding carboxylic acids is 1. The Labute approximate surface area is 214 Å². The molecule has 3 heteroatoms. The number of hydrogen-bond donors (Lipinski definition) is 0. The number of rotatable bonds is 9. The fourth-order valence-electron chi connectivity index (χ4n) is 8.60. The molecule has 0 aromatic rings. The number of halogens is 2. The summed E-state index contributed by atoms with van der Waals surface area (Å²) in [6, 6.07) is 0.